The molecule has 0 amide bonds. The first-order valence-electron chi connectivity index (χ1n) is 5.78. The third kappa shape index (κ3) is 1.80. The van der Waals surface area contributed by atoms with Gasteiger partial charge in [-0.05, 0) is 36.8 Å². The van der Waals surface area contributed by atoms with Crippen LogP contribution < -0.4 is 0 Å². The molecule has 1 aromatic rings. The maximum atomic E-state index is 5.51. The lowest BCUT2D eigenvalue weighted by atomic mass is 9.90. The minimum Gasteiger partial charge on any atom is -0.346 e. The Kier molecular flexibility index (Phi) is 2.47. The van der Waals surface area contributed by atoms with E-state index in [4.69, 9.17) is 9.47 Å². The lowest BCUT2D eigenvalue weighted by Gasteiger charge is -2.18. The summed E-state index contributed by atoms with van der Waals surface area (Å²) < 4.78 is 11.0. The molecule has 0 unspecified atom stereocenters. The molecule has 1 aliphatic carbocycles. The fourth-order valence-electron chi connectivity index (χ4n) is 2.45. The molecule has 2 nitrogen and oxygen atoms in total. The molecule has 3 rings (SSSR count). The van der Waals surface area contributed by atoms with Gasteiger partial charge in [-0.2, -0.15) is 0 Å². The van der Waals surface area contributed by atoms with E-state index in [2.05, 4.69) is 18.2 Å². The van der Waals surface area contributed by atoms with E-state index in [1.807, 2.05) is 0 Å². The van der Waals surface area contributed by atoms with Crippen molar-refractivity contribution in [2.45, 2.75) is 32.0 Å². The molecule has 80 valence electrons. The van der Waals surface area contributed by atoms with Crippen LogP contribution in [0.2, 0.25) is 0 Å². The predicted octanol–water partition coefficient (Wildman–Crippen LogP) is 2.61. The molecule has 0 radical (unpaired) electrons. The second-order valence-corrected chi connectivity index (χ2v) is 4.31. The monoisotopic (exact) mass is 204 g/mol. The van der Waals surface area contributed by atoms with E-state index in [1.165, 1.54) is 42.4 Å². The summed E-state index contributed by atoms with van der Waals surface area (Å²) in [4.78, 5) is 0. The zero-order valence-electron chi connectivity index (χ0n) is 8.87. The first kappa shape index (κ1) is 9.37. The highest BCUT2D eigenvalue weighted by atomic mass is 16.7. The molecule has 15 heavy (non-hydrogen) atoms. The Bertz CT molecular complexity index is 354. The first-order valence-corrected chi connectivity index (χ1v) is 5.78. The molecule has 0 spiro atoms. The second-order valence-electron chi connectivity index (χ2n) is 4.31. The topological polar surface area (TPSA) is 18.5 Å². The highest BCUT2D eigenvalue weighted by Gasteiger charge is 2.19. The van der Waals surface area contributed by atoms with Gasteiger partial charge in [0.25, 0.3) is 0 Å². The average molecular weight is 204 g/mol. The van der Waals surface area contributed by atoms with Crippen molar-refractivity contribution in [2.24, 2.45) is 0 Å². The molecule has 0 atom stereocenters. The van der Waals surface area contributed by atoms with E-state index < -0.39 is 0 Å². The summed E-state index contributed by atoms with van der Waals surface area (Å²) in [7, 11) is 0. The first-order chi connectivity index (χ1) is 7.43. The van der Waals surface area contributed by atoms with E-state index in [-0.39, 0.29) is 6.29 Å². The van der Waals surface area contributed by atoms with E-state index in [1.54, 1.807) is 0 Å². The van der Waals surface area contributed by atoms with Crippen LogP contribution in [0.25, 0.3) is 0 Å². The minimum absolute atomic E-state index is 0.114. The van der Waals surface area contributed by atoms with E-state index in [9.17, 15) is 0 Å². The SMILES string of the molecule is c1cc2c(cc1C1OCCO1)CCCC2. The fourth-order valence-corrected chi connectivity index (χ4v) is 2.45. The number of benzene rings is 1. The molecular formula is C13H16O2. The Hall–Kier alpha value is -0.860. The zero-order valence-corrected chi connectivity index (χ0v) is 8.87. The summed E-state index contributed by atoms with van der Waals surface area (Å²) in [6.07, 6.45) is 5.00. The molecular weight excluding hydrogens is 188 g/mol. The van der Waals surface area contributed by atoms with Gasteiger partial charge in [-0.1, -0.05) is 18.2 Å². The van der Waals surface area contributed by atoms with Gasteiger partial charge in [-0.15, -0.1) is 0 Å². The van der Waals surface area contributed by atoms with Crippen LogP contribution in [0.15, 0.2) is 18.2 Å². The van der Waals surface area contributed by atoms with Crippen molar-refractivity contribution in [3.8, 4) is 0 Å². The normalized spacial score (nSPS) is 21.6. The van der Waals surface area contributed by atoms with E-state index >= 15 is 0 Å². The highest BCUT2D eigenvalue weighted by molar-refractivity contribution is 5.34. The van der Waals surface area contributed by atoms with E-state index in [0.29, 0.717) is 0 Å². The Morgan fingerprint density at radius 3 is 2.47 bits per heavy atom. The van der Waals surface area contributed by atoms with Gasteiger partial charge in [0.15, 0.2) is 6.29 Å². The van der Waals surface area contributed by atoms with Crippen molar-refractivity contribution in [2.75, 3.05) is 13.2 Å². The number of hydrogen-bond acceptors (Lipinski definition) is 2. The van der Waals surface area contributed by atoms with Crippen LogP contribution in [0.5, 0.6) is 0 Å². The molecule has 2 aliphatic rings. The predicted molar refractivity (Wildman–Crippen MR) is 57.7 cm³/mol. The van der Waals surface area contributed by atoms with Gasteiger partial charge in [0.2, 0.25) is 0 Å². The summed E-state index contributed by atoms with van der Waals surface area (Å²) in [6.45, 7) is 1.45. The number of fused-ring (bicyclic) bond motifs is 1. The van der Waals surface area contributed by atoms with Crippen LogP contribution >= 0.6 is 0 Å². The molecule has 2 heteroatoms. The maximum absolute atomic E-state index is 5.51. The van der Waals surface area contributed by atoms with Crippen LogP contribution in [-0.2, 0) is 22.3 Å². The van der Waals surface area contributed by atoms with Crippen molar-refractivity contribution < 1.29 is 9.47 Å². The van der Waals surface area contributed by atoms with Crippen LogP contribution in [0, 0.1) is 0 Å². The lowest BCUT2D eigenvalue weighted by molar-refractivity contribution is -0.0441. The van der Waals surface area contributed by atoms with Gasteiger partial charge < -0.3 is 9.47 Å². The third-order valence-electron chi connectivity index (χ3n) is 3.27. The molecule has 0 aromatic heterocycles. The van der Waals surface area contributed by atoms with Crippen LogP contribution in [0.3, 0.4) is 0 Å². The average Bonchev–Trinajstić information content (AvgIpc) is 2.82. The molecule has 1 aromatic carbocycles. The van der Waals surface area contributed by atoms with Crippen LogP contribution in [0.4, 0.5) is 0 Å². The highest BCUT2D eigenvalue weighted by Crippen LogP contribution is 2.28. The summed E-state index contributed by atoms with van der Waals surface area (Å²) >= 11 is 0. The Balaban J connectivity index is 1.89. The van der Waals surface area contributed by atoms with Crippen molar-refractivity contribution >= 4 is 0 Å². The molecule has 0 N–H and O–H groups in total. The zero-order chi connectivity index (χ0) is 10.1. The Labute approximate surface area is 90.2 Å². The van der Waals surface area contributed by atoms with Crippen LogP contribution in [0.1, 0.15) is 35.8 Å². The van der Waals surface area contributed by atoms with Gasteiger partial charge in [-0.25, -0.2) is 0 Å². The minimum atomic E-state index is -0.114. The number of hydrogen-bond donors (Lipinski definition) is 0. The molecule has 1 aliphatic heterocycles. The summed E-state index contributed by atoms with van der Waals surface area (Å²) in [5.74, 6) is 0. The standard InChI is InChI=1S/C13H16O2/c1-2-4-11-9-12(6-5-10(11)3-1)13-14-7-8-15-13/h5-6,9,13H,1-4,7-8H2. The lowest BCUT2D eigenvalue weighted by Crippen LogP contribution is -2.05. The van der Waals surface area contributed by atoms with Crippen molar-refractivity contribution in [3.05, 3.63) is 34.9 Å². The summed E-state index contributed by atoms with van der Waals surface area (Å²) in [5, 5.41) is 0. The fraction of sp³-hybridized carbons (Fsp3) is 0.538. The molecule has 1 saturated heterocycles. The molecule has 0 bridgehead atoms. The smallest absolute Gasteiger partial charge is 0.184 e. The van der Waals surface area contributed by atoms with Gasteiger partial charge in [0, 0.05) is 5.56 Å². The maximum Gasteiger partial charge on any atom is 0.184 e. The Morgan fingerprint density at radius 1 is 0.933 bits per heavy atom. The van der Waals surface area contributed by atoms with Crippen LogP contribution in [-0.4, -0.2) is 13.2 Å². The Morgan fingerprint density at radius 2 is 1.67 bits per heavy atom. The van der Waals surface area contributed by atoms with Gasteiger partial charge >= 0.3 is 0 Å². The molecule has 1 fully saturated rings. The number of aryl methyl sites for hydroxylation is 2. The van der Waals surface area contributed by atoms with Gasteiger partial charge in [-0.3, -0.25) is 0 Å². The van der Waals surface area contributed by atoms with Crippen molar-refractivity contribution in [3.63, 3.8) is 0 Å². The van der Waals surface area contributed by atoms with Gasteiger partial charge in [0.05, 0.1) is 13.2 Å². The summed E-state index contributed by atoms with van der Waals surface area (Å²) in [6, 6.07) is 6.67. The third-order valence-corrected chi connectivity index (χ3v) is 3.27. The quantitative estimate of drug-likeness (QED) is 0.700. The molecule has 0 saturated carbocycles. The molecule has 1 heterocycles. The number of ether oxygens (including phenoxy) is 2. The summed E-state index contributed by atoms with van der Waals surface area (Å²) in [5.41, 5.74) is 4.20. The van der Waals surface area contributed by atoms with Crippen molar-refractivity contribution in [1.29, 1.82) is 0 Å². The van der Waals surface area contributed by atoms with Gasteiger partial charge in [0.1, 0.15) is 0 Å². The second kappa shape index (κ2) is 3.95. The van der Waals surface area contributed by atoms with E-state index in [0.717, 1.165) is 13.2 Å². The largest absolute Gasteiger partial charge is 0.346 e. The van der Waals surface area contributed by atoms with Crippen molar-refractivity contribution in [1.82, 2.24) is 0 Å². The number of rotatable bonds is 1.